The number of hydrogen-bond donors (Lipinski definition) is 2. The highest BCUT2D eigenvalue weighted by atomic mass is 32.2. The van der Waals surface area contributed by atoms with Crippen molar-refractivity contribution in [1.29, 1.82) is 0 Å². The van der Waals surface area contributed by atoms with Gasteiger partial charge in [-0.2, -0.15) is 0 Å². The van der Waals surface area contributed by atoms with Crippen LogP contribution in [-0.2, 0) is 9.59 Å². The number of halogens is 1. The van der Waals surface area contributed by atoms with Crippen molar-refractivity contribution in [3.05, 3.63) is 54.3 Å². The largest absolute Gasteiger partial charge is 0.326 e. The highest BCUT2D eigenvalue weighted by molar-refractivity contribution is 8.01. The average molecular weight is 330 g/mol. The van der Waals surface area contributed by atoms with Gasteiger partial charge in [-0.25, -0.2) is 4.39 Å². The molecule has 4 nitrogen and oxygen atoms in total. The molecule has 0 bridgehead atoms. The molecule has 2 N–H and O–H groups in total. The monoisotopic (exact) mass is 330 g/mol. The predicted octanol–water partition coefficient (Wildman–Crippen LogP) is 3.51. The smallest absolute Gasteiger partial charge is 0.238 e. The fraction of sp³-hybridized carbons (Fsp3) is 0.176. The molecule has 6 heteroatoms. The van der Waals surface area contributed by atoms with Gasteiger partial charge in [0.25, 0.3) is 0 Å². The maximum atomic E-state index is 13.2. The van der Waals surface area contributed by atoms with E-state index in [9.17, 15) is 14.0 Å². The number of thioether (sulfide) groups is 1. The molecule has 3 rings (SSSR count). The first-order chi connectivity index (χ1) is 11.0. The van der Waals surface area contributed by atoms with E-state index in [4.69, 9.17) is 0 Å². The minimum absolute atomic E-state index is 0.199. The first kappa shape index (κ1) is 15.6. The molecule has 0 saturated heterocycles. The molecule has 0 unspecified atom stereocenters. The highest BCUT2D eigenvalue weighted by Crippen LogP contribution is 2.38. The summed E-state index contributed by atoms with van der Waals surface area (Å²) in [5.41, 5.74) is 1.14. The Kier molecular flexibility index (Phi) is 4.34. The van der Waals surface area contributed by atoms with Crippen molar-refractivity contribution in [2.75, 3.05) is 10.6 Å². The average Bonchev–Trinajstić information content (AvgIpc) is 2.53. The lowest BCUT2D eigenvalue weighted by Crippen LogP contribution is -2.39. The third kappa shape index (κ3) is 3.37. The van der Waals surface area contributed by atoms with E-state index in [0.717, 1.165) is 10.6 Å². The van der Waals surface area contributed by atoms with Gasteiger partial charge in [-0.1, -0.05) is 25.1 Å². The van der Waals surface area contributed by atoms with Crippen molar-refractivity contribution < 1.29 is 14.0 Å². The van der Waals surface area contributed by atoms with Gasteiger partial charge in [0.1, 0.15) is 5.82 Å². The third-order valence-corrected chi connectivity index (χ3v) is 5.10. The van der Waals surface area contributed by atoms with Crippen molar-refractivity contribution in [3.63, 3.8) is 0 Å². The van der Waals surface area contributed by atoms with Gasteiger partial charge in [-0.15, -0.1) is 11.8 Å². The third-order valence-electron chi connectivity index (χ3n) is 3.62. The standard InChI is InChI=1S/C17H15FN2O2S/c1-10(16(21)19-12-6-4-5-11(18)9-12)15-17(22)20-13-7-2-3-8-14(13)23-15/h2-10,15H,1H3,(H,19,21)(H,20,22)/t10-,15+/m0/s1. The second-order valence-corrected chi connectivity index (χ2v) is 6.50. The second-order valence-electron chi connectivity index (χ2n) is 5.31. The highest BCUT2D eigenvalue weighted by Gasteiger charge is 2.35. The molecule has 1 aliphatic rings. The van der Waals surface area contributed by atoms with Crippen LogP contribution in [0.15, 0.2) is 53.4 Å². The van der Waals surface area contributed by atoms with Crippen molar-refractivity contribution in [3.8, 4) is 0 Å². The molecule has 2 amide bonds. The van der Waals surface area contributed by atoms with Gasteiger partial charge in [0.05, 0.1) is 16.9 Å². The molecule has 2 atom stereocenters. The Morgan fingerprint density at radius 3 is 2.83 bits per heavy atom. The van der Waals surface area contributed by atoms with Crippen LogP contribution in [0.5, 0.6) is 0 Å². The molecule has 23 heavy (non-hydrogen) atoms. The number of fused-ring (bicyclic) bond motifs is 1. The number of amides is 2. The van der Waals surface area contributed by atoms with Gasteiger partial charge in [0.15, 0.2) is 0 Å². The molecule has 1 aliphatic heterocycles. The molecule has 0 fully saturated rings. The Labute approximate surface area is 137 Å². The van der Waals surface area contributed by atoms with Crippen molar-refractivity contribution in [2.45, 2.75) is 17.1 Å². The van der Waals surface area contributed by atoms with Crippen LogP contribution in [0.25, 0.3) is 0 Å². The number of rotatable bonds is 3. The topological polar surface area (TPSA) is 58.2 Å². The lowest BCUT2D eigenvalue weighted by atomic mass is 10.1. The van der Waals surface area contributed by atoms with Crippen LogP contribution in [-0.4, -0.2) is 17.1 Å². The second kappa shape index (κ2) is 6.42. The first-order valence-corrected chi connectivity index (χ1v) is 8.05. The molecular formula is C17H15FN2O2S. The molecule has 2 aromatic carbocycles. The Bertz CT molecular complexity index is 766. The molecule has 0 aromatic heterocycles. The van der Waals surface area contributed by atoms with E-state index >= 15 is 0 Å². The van der Waals surface area contributed by atoms with Crippen LogP contribution in [0.2, 0.25) is 0 Å². The van der Waals surface area contributed by atoms with E-state index in [-0.39, 0.29) is 11.8 Å². The molecule has 1 heterocycles. The molecule has 2 aromatic rings. The fourth-order valence-corrected chi connectivity index (χ4v) is 3.53. The Morgan fingerprint density at radius 2 is 2.04 bits per heavy atom. The SMILES string of the molecule is C[C@H](C(=O)Nc1cccc(F)c1)[C@H]1Sc2ccccc2NC1=O. The molecule has 0 radical (unpaired) electrons. The van der Waals surface area contributed by atoms with E-state index in [1.807, 2.05) is 24.3 Å². The van der Waals surface area contributed by atoms with E-state index in [1.165, 1.54) is 30.0 Å². The number of para-hydroxylation sites is 1. The fourth-order valence-electron chi connectivity index (χ4n) is 2.36. The molecule has 0 aliphatic carbocycles. The summed E-state index contributed by atoms with van der Waals surface area (Å²) in [5, 5.41) is 4.94. The molecule has 0 saturated carbocycles. The van der Waals surface area contributed by atoms with Gasteiger partial charge >= 0.3 is 0 Å². The first-order valence-electron chi connectivity index (χ1n) is 7.17. The molecule has 0 spiro atoms. The van der Waals surface area contributed by atoms with Gasteiger partial charge in [0, 0.05) is 10.6 Å². The number of benzene rings is 2. The summed E-state index contributed by atoms with van der Waals surface area (Å²) >= 11 is 1.37. The van der Waals surface area contributed by atoms with Crippen LogP contribution in [0.1, 0.15) is 6.92 Å². The number of carbonyl (C=O) groups is 2. The Morgan fingerprint density at radius 1 is 1.26 bits per heavy atom. The normalized spacial score (nSPS) is 17.8. The summed E-state index contributed by atoms with van der Waals surface area (Å²) in [6.45, 7) is 1.69. The number of anilines is 2. The Balaban J connectivity index is 1.74. The van der Waals surface area contributed by atoms with E-state index in [2.05, 4.69) is 10.6 Å². The van der Waals surface area contributed by atoms with Gasteiger partial charge in [-0.3, -0.25) is 9.59 Å². The van der Waals surface area contributed by atoms with Crippen molar-refractivity contribution in [1.82, 2.24) is 0 Å². The number of nitrogens with one attached hydrogen (secondary N) is 2. The van der Waals surface area contributed by atoms with E-state index in [0.29, 0.717) is 5.69 Å². The van der Waals surface area contributed by atoms with Crippen LogP contribution >= 0.6 is 11.8 Å². The van der Waals surface area contributed by atoms with Crippen LogP contribution in [0.3, 0.4) is 0 Å². The quantitative estimate of drug-likeness (QED) is 0.905. The molecule has 118 valence electrons. The van der Waals surface area contributed by atoms with E-state index < -0.39 is 17.0 Å². The van der Waals surface area contributed by atoms with Gasteiger partial charge < -0.3 is 10.6 Å². The van der Waals surface area contributed by atoms with Crippen LogP contribution in [0.4, 0.5) is 15.8 Å². The zero-order valence-corrected chi connectivity index (χ0v) is 13.2. The lowest BCUT2D eigenvalue weighted by molar-refractivity contribution is -0.123. The lowest BCUT2D eigenvalue weighted by Gasteiger charge is -2.27. The maximum absolute atomic E-state index is 13.2. The number of carbonyl (C=O) groups excluding carboxylic acids is 2. The summed E-state index contributed by atoms with van der Waals surface area (Å²) in [6.07, 6.45) is 0. The summed E-state index contributed by atoms with van der Waals surface area (Å²) in [6, 6.07) is 13.1. The summed E-state index contributed by atoms with van der Waals surface area (Å²) in [7, 11) is 0. The predicted molar refractivity (Wildman–Crippen MR) is 88.9 cm³/mol. The van der Waals surface area contributed by atoms with E-state index in [1.54, 1.807) is 13.0 Å². The van der Waals surface area contributed by atoms with Crippen LogP contribution in [0, 0.1) is 11.7 Å². The molecular weight excluding hydrogens is 315 g/mol. The van der Waals surface area contributed by atoms with Crippen LogP contribution < -0.4 is 10.6 Å². The maximum Gasteiger partial charge on any atom is 0.238 e. The zero-order valence-electron chi connectivity index (χ0n) is 12.4. The minimum atomic E-state index is -0.559. The van der Waals surface area contributed by atoms with Gasteiger partial charge in [-0.05, 0) is 30.3 Å². The van der Waals surface area contributed by atoms with Crippen molar-refractivity contribution >= 4 is 35.0 Å². The Hall–Kier alpha value is -2.34. The zero-order chi connectivity index (χ0) is 16.4. The number of hydrogen-bond acceptors (Lipinski definition) is 3. The summed E-state index contributed by atoms with van der Waals surface area (Å²) in [5.74, 6) is -1.50. The van der Waals surface area contributed by atoms with Gasteiger partial charge in [0.2, 0.25) is 11.8 Å². The summed E-state index contributed by atoms with van der Waals surface area (Å²) < 4.78 is 13.2. The summed E-state index contributed by atoms with van der Waals surface area (Å²) in [4.78, 5) is 25.5. The minimum Gasteiger partial charge on any atom is -0.326 e. The van der Waals surface area contributed by atoms with Crippen molar-refractivity contribution in [2.24, 2.45) is 5.92 Å².